The highest BCUT2D eigenvalue weighted by atomic mass is 16.5. The van der Waals surface area contributed by atoms with Gasteiger partial charge in [-0.15, -0.1) is 0 Å². The van der Waals surface area contributed by atoms with Gasteiger partial charge in [0.05, 0.1) is 6.61 Å². The third-order valence-corrected chi connectivity index (χ3v) is 3.02. The Balaban J connectivity index is 1.94. The molecule has 0 atom stereocenters. The number of hydrogen-bond acceptors (Lipinski definition) is 3. The molecule has 2 N–H and O–H groups in total. The zero-order valence-electron chi connectivity index (χ0n) is 11.7. The molecule has 0 heterocycles. The Labute approximate surface area is 111 Å². The molecule has 102 valence electrons. The largest absolute Gasteiger partial charge is 0.383 e. The van der Waals surface area contributed by atoms with Gasteiger partial charge in [-0.3, -0.25) is 0 Å². The van der Waals surface area contributed by atoms with Crippen LogP contribution in [-0.2, 0) is 11.2 Å². The highest BCUT2D eigenvalue weighted by Crippen LogP contribution is 2.06. The second-order valence-electron chi connectivity index (χ2n) is 4.52. The third kappa shape index (κ3) is 6.74. The van der Waals surface area contributed by atoms with Gasteiger partial charge in [-0.1, -0.05) is 24.3 Å². The van der Waals surface area contributed by atoms with Gasteiger partial charge in [0, 0.05) is 13.7 Å². The van der Waals surface area contributed by atoms with Gasteiger partial charge in [0.2, 0.25) is 0 Å². The van der Waals surface area contributed by atoms with Crippen molar-refractivity contribution in [3.8, 4) is 0 Å². The van der Waals surface area contributed by atoms with Gasteiger partial charge in [-0.25, -0.2) is 0 Å². The van der Waals surface area contributed by atoms with Gasteiger partial charge in [-0.2, -0.15) is 0 Å². The van der Waals surface area contributed by atoms with Crippen LogP contribution in [-0.4, -0.2) is 39.9 Å². The van der Waals surface area contributed by atoms with E-state index < -0.39 is 0 Å². The molecule has 1 aromatic carbocycles. The first kappa shape index (κ1) is 15.2. The topological polar surface area (TPSA) is 33.3 Å². The second kappa shape index (κ2) is 10.1. The fourth-order valence-corrected chi connectivity index (χ4v) is 1.88. The highest BCUT2D eigenvalue weighted by molar-refractivity contribution is 5.25. The van der Waals surface area contributed by atoms with Gasteiger partial charge in [-0.05, 0) is 50.5 Å². The van der Waals surface area contributed by atoms with Gasteiger partial charge < -0.3 is 15.4 Å². The lowest BCUT2D eigenvalue weighted by Gasteiger charge is -2.07. The number of rotatable bonds is 10. The molecule has 0 spiro atoms. The van der Waals surface area contributed by atoms with Crippen LogP contribution >= 0.6 is 0 Å². The number of hydrogen-bond donors (Lipinski definition) is 2. The van der Waals surface area contributed by atoms with Crippen molar-refractivity contribution in [1.82, 2.24) is 10.6 Å². The van der Waals surface area contributed by atoms with E-state index in [0.29, 0.717) is 0 Å². The Morgan fingerprint density at radius 3 is 2.44 bits per heavy atom. The molecular weight excluding hydrogens is 224 g/mol. The quantitative estimate of drug-likeness (QED) is 0.621. The van der Waals surface area contributed by atoms with Gasteiger partial charge in [0.1, 0.15) is 0 Å². The second-order valence-corrected chi connectivity index (χ2v) is 4.52. The number of ether oxygens (including phenoxy) is 1. The average molecular weight is 250 g/mol. The minimum Gasteiger partial charge on any atom is -0.383 e. The summed E-state index contributed by atoms with van der Waals surface area (Å²) in [6, 6.07) is 8.60. The third-order valence-electron chi connectivity index (χ3n) is 3.02. The molecule has 0 fully saturated rings. The van der Waals surface area contributed by atoms with Crippen molar-refractivity contribution in [3.05, 3.63) is 35.4 Å². The van der Waals surface area contributed by atoms with Crippen LogP contribution in [0.5, 0.6) is 0 Å². The summed E-state index contributed by atoms with van der Waals surface area (Å²) in [5.41, 5.74) is 2.84. The van der Waals surface area contributed by atoms with Crippen molar-refractivity contribution in [2.75, 3.05) is 39.9 Å². The number of benzene rings is 1. The predicted octanol–water partition coefficient (Wildman–Crippen LogP) is 1.75. The van der Waals surface area contributed by atoms with Crippen molar-refractivity contribution >= 4 is 0 Å². The highest BCUT2D eigenvalue weighted by Gasteiger charge is 1.96. The summed E-state index contributed by atoms with van der Waals surface area (Å²) < 4.78 is 4.97. The van der Waals surface area contributed by atoms with E-state index in [-0.39, 0.29) is 0 Å². The number of nitrogens with one attached hydrogen (secondary N) is 2. The van der Waals surface area contributed by atoms with E-state index in [1.165, 1.54) is 11.1 Å². The molecule has 0 unspecified atom stereocenters. The molecule has 18 heavy (non-hydrogen) atoms. The summed E-state index contributed by atoms with van der Waals surface area (Å²) >= 11 is 0. The molecule has 0 aromatic heterocycles. The molecular formula is C15H26N2O. The molecule has 3 heteroatoms. The zero-order valence-corrected chi connectivity index (χ0v) is 11.7. The summed E-state index contributed by atoms with van der Waals surface area (Å²) in [6.45, 7) is 7.10. The Kier molecular flexibility index (Phi) is 8.47. The SMILES string of the molecule is COCCNCCCNCCc1ccccc1C. The van der Waals surface area contributed by atoms with Crippen LogP contribution in [0, 0.1) is 6.92 Å². The van der Waals surface area contributed by atoms with E-state index in [1.807, 2.05) is 0 Å². The van der Waals surface area contributed by atoms with Crippen LogP contribution in [0.2, 0.25) is 0 Å². The fourth-order valence-electron chi connectivity index (χ4n) is 1.88. The average Bonchev–Trinajstić information content (AvgIpc) is 2.39. The molecule has 0 amide bonds. The maximum Gasteiger partial charge on any atom is 0.0587 e. The van der Waals surface area contributed by atoms with Crippen LogP contribution < -0.4 is 10.6 Å². The molecule has 0 saturated carbocycles. The van der Waals surface area contributed by atoms with Crippen molar-refractivity contribution in [1.29, 1.82) is 0 Å². The number of methoxy groups -OCH3 is 1. The minimum absolute atomic E-state index is 0.792. The standard InChI is InChI=1S/C15H26N2O/c1-14-6-3-4-7-15(14)8-11-16-9-5-10-17-12-13-18-2/h3-4,6-7,16-17H,5,8-13H2,1-2H3. The molecule has 0 radical (unpaired) electrons. The molecule has 0 aliphatic heterocycles. The summed E-state index contributed by atoms with van der Waals surface area (Å²) in [6.07, 6.45) is 2.28. The van der Waals surface area contributed by atoms with E-state index in [9.17, 15) is 0 Å². The zero-order chi connectivity index (χ0) is 13.1. The van der Waals surface area contributed by atoms with Crippen LogP contribution in [0.25, 0.3) is 0 Å². The van der Waals surface area contributed by atoms with Crippen LogP contribution in [0.15, 0.2) is 24.3 Å². The Morgan fingerprint density at radius 2 is 1.72 bits per heavy atom. The van der Waals surface area contributed by atoms with Crippen molar-refractivity contribution in [2.24, 2.45) is 0 Å². The molecule has 1 rings (SSSR count). The van der Waals surface area contributed by atoms with Gasteiger partial charge >= 0.3 is 0 Å². The van der Waals surface area contributed by atoms with Crippen LogP contribution in [0.1, 0.15) is 17.5 Å². The molecule has 0 bridgehead atoms. The Morgan fingerprint density at radius 1 is 1.00 bits per heavy atom. The van der Waals surface area contributed by atoms with Gasteiger partial charge in [0.15, 0.2) is 0 Å². The first-order valence-electron chi connectivity index (χ1n) is 6.79. The first-order chi connectivity index (χ1) is 8.84. The lowest BCUT2D eigenvalue weighted by atomic mass is 10.1. The monoisotopic (exact) mass is 250 g/mol. The Hall–Kier alpha value is -0.900. The molecule has 0 aliphatic carbocycles. The Bertz CT molecular complexity index is 315. The maximum atomic E-state index is 4.97. The summed E-state index contributed by atoms with van der Waals surface area (Å²) in [4.78, 5) is 0. The molecule has 0 aliphatic rings. The number of aryl methyl sites for hydroxylation is 1. The van der Waals surface area contributed by atoms with E-state index in [0.717, 1.165) is 45.6 Å². The first-order valence-corrected chi connectivity index (χ1v) is 6.79. The lowest BCUT2D eigenvalue weighted by molar-refractivity contribution is 0.199. The van der Waals surface area contributed by atoms with Crippen molar-refractivity contribution in [2.45, 2.75) is 19.8 Å². The summed E-state index contributed by atoms with van der Waals surface area (Å²) in [5, 5.41) is 6.82. The van der Waals surface area contributed by atoms with E-state index in [2.05, 4.69) is 41.8 Å². The normalized spacial score (nSPS) is 10.8. The minimum atomic E-state index is 0.792. The smallest absolute Gasteiger partial charge is 0.0587 e. The predicted molar refractivity (Wildman–Crippen MR) is 77.1 cm³/mol. The van der Waals surface area contributed by atoms with Gasteiger partial charge in [0.25, 0.3) is 0 Å². The van der Waals surface area contributed by atoms with E-state index in [4.69, 9.17) is 4.74 Å². The van der Waals surface area contributed by atoms with Crippen LogP contribution in [0.3, 0.4) is 0 Å². The molecule has 1 aromatic rings. The molecule has 3 nitrogen and oxygen atoms in total. The van der Waals surface area contributed by atoms with Crippen LogP contribution in [0.4, 0.5) is 0 Å². The molecule has 0 saturated heterocycles. The lowest BCUT2D eigenvalue weighted by Crippen LogP contribution is -2.25. The summed E-state index contributed by atoms with van der Waals surface area (Å²) in [7, 11) is 1.73. The van der Waals surface area contributed by atoms with E-state index in [1.54, 1.807) is 7.11 Å². The van der Waals surface area contributed by atoms with E-state index >= 15 is 0 Å². The van der Waals surface area contributed by atoms with Crippen molar-refractivity contribution < 1.29 is 4.74 Å². The summed E-state index contributed by atoms with van der Waals surface area (Å²) in [5.74, 6) is 0. The fraction of sp³-hybridized carbons (Fsp3) is 0.600. The van der Waals surface area contributed by atoms with Crippen molar-refractivity contribution in [3.63, 3.8) is 0 Å². The maximum absolute atomic E-state index is 4.97.